The van der Waals surface area contributed by atoms with Gasteiger partial charge >= 0.3 is 13.1 Å². The summed E-state index contributed by atoms with van der Waals surface area (Å²) in [6, 6.07) is 3.07. The monoisotopic (exact) mass is 414 g/mol. The summed E-state index contributed by atoms with van der Waals surface area (Å²) in [6.07, 6.45) is 3.30. The zero-order chi connectivity index (χ0) is 21.2. The van der Waals surface area contributed by atoms with Crippen molar-refractivity contribution in [2.24, 2.45) is 17.3 Å². The molecule has 5 fully saturated rings. The Balaban J connectivity index is 1.27. The van der Waals surface area contributed by atoms with E-state index in [9.17, 15) is 9.18 Å². The van der Waals surface area contributed by atoms with Crippen LogP contribution in [0.15, 0.2) is 12.1 Å². The summed E-state index contributed by atoms with van der Waals surface area (Å²) in [5, 5.41) is 0. The topological polar surface area (TPSA) is 54.0 Å². The third-order valence-corrected chi connectivity index (χ3v) is 8.59. The molecule has 6 atom stereocenters. The van der Waals surface area contributed by atoms with Gasteiger partial charge in [-0.05, 0) is 61.0 Å². The highest BCUT2D eigenvalue weighted by Crippen LogP contribution is 2.68. The lowest BCUT2D eigenvalue weighted by Gasteiger charge is -2.64. The maximum absolute atomic E-state index is 14.4. The molecule has 0 N–H and O–H groups in total. The van der Waals surface area contributed by atoms with E-state index in [0.717, 1.165) is 18.4 Å². The van der Waals surface area contributed by atoms with Crippen LogP contribution < -0.4 is 4.74 Å². The van der Waals surface area contributed by atoms with Gasteiger partial charge in [-0.15, -0.1) is 0 Å². The number of benzene rings is 1. The van der Waals surface area contributed by atoms with Gasteiger partial charge in [0, 0.05) is 19.7 Å². The highest BCUT2D eigenvalue weighted by molar-refractivity contribution is 6.49. The van der Waals surface area contributed by atoms with E-state index in [1.165, 1.54) is 12.5 Å². The standard InChI is InChI=1S/C23H28BFO5/c1-21(2)11-8-16(21)23(5)17(9-11)29-24(30-23)14-10-13(14)12-6-7-15(25)18-19(12)27-22(3,4)28-20(18)26/h6-7,11,13-14,16-17H,8-10H2,1-5H3/t11?,13-,14-,16+,17?,23+/m1/s1. The molecule has 4 saturated carbocycles. The molecule has 2 unspecified atom stereocenters. The number of carbonyl (C=O) groups is 1. The van der Waals surface area contributed by atoms with Gasteiger partial charge in [-0.1, -0.05) is 19.9 Å². The third-order valence-electron chi connectivity index (χ3n) is 8.59. The van der Waals surface area contributed by atoms with Gasteiger partial charge in [-0.3, -0.25) is 0 Å². The third kappa shape index (κ3) is 2.39. The Labute approximate surface area is 176 Å². The first kappa shape index (κ1) is 19.1. The SMILES string of the molecule is CC1(C)OC(=O)c2c(F)ccc([C@H]3C[C@H]3B3OC4CC5C[C@@H](C5(C)C)[C@]4(C)O3)c2O1. The molecule has 0 amide bonds. The number of rotatable bonds is 2. The van der Waals surface area contributed by atoms with Crippen LogP contribution in [0.1, 0.15) is 75.7 Å². The number of esters is 1. The number of carbonyl (C=O) groups excluding carboxylic acids is 1. The highest BCUT2D eigenvalue weighted by atomic mass is 19.1. The van der Waals surface area contributed by atoms with Crippen LogP contribution in [0.25, 0.3) is 0 Å². The van der Waals surface area contributed by atoms with E-state index in [0.29, 0.717) is 23.0 Å². The van der Waals surface area contributed by atoms with Crippen LogP contribution in [0.4, 0.5) is 4.39 Å². The fourth-order valence-electron chi connectivity index (χ4n) is 6.66. The van der Waals surface area contributed by atoms with Gasteiger partial charge < -0.3 is 18.8 Å². The summed E-state index contributed by atoms with van der Waals surface area (Å²) >= 11 is 0. The van der Waals surface area contributed by atoms with Gasteiger partial charge in [0.25, 0.3) is 0 Å². The van der Waals surface area contributed by atoms with Gasteiger partial charge in [0.1, 0.15) is 17.1 Å². The average molecular weight is 414 g/mol. The van der Waals surface area contributed by atoms with Crippen LogP contribution in [0.5, 0.6) is 5.75 Å². The molecule has 0 radical (unpaired) electrons. The molecule has 0 spiro atoms. The molecule has 2 aliphatic heterocycles. The van der Waals surface area contributed by atoms with Crippen molar-refractivity contribution >= 4 is 13.1 Å². The minimum absolute atomic E-state index is 0.103. The fraction of sp³-hybridized carbons (Fsp3) is 0.696. The fourth-order valence-corrected chi connectivity index (χ4v) is 6.66. The van der Waals surface area contributed by atoms with Crippen molar-refractivity contribution in [1.29, 1.82) is 0 Å². The van der Waals surface area contributed by atoms with Crippen molar-refractivity contribution in [1.82, 2.24) is 0 Å². The number of cyclic esters (lactones) is 1. The number of fused-ring (bicyclic) bond motifs is 1. The predicted octanol–water partition coefficient (Wildman–Crippen LogP) is 4.70. The van der Waals surface area contributed by atoms with Crippen molar-refractivity contribution in [2.75, 3.05) is 0 Å². The predicted molar refractivity (Wildman–Crippen MR) is 108 cm³/mol. The Bertz CT molecular complexity index is 961. The largest absolute Gasteiger partial charge is 0.461 e. The van der Waals surface area contributed by atoms with E-state index in [4.69, 9.17) is 18.8 Å². The molecule has 2 bridgehead atoms. The molecule has 7 heteroatoms. The van der Waals surface area contributed by atoms with E-state index in [1.807, 2.05) is 0 Å². The molecular formula is C23H28BFO5. The Hall–Kier alpha value is -1.60. The minimum atomic E-state index is -1.12. The molecule has 2 heterocycles. The Kier molecular flexibility index (Phi) is 3.57. The van der Waals surface area contributed by atoms with Gasteiger partial charge in [0.2, 0.25) is 5.79 Å². The molecule has 160 valence electrons. The molecule has 1 saturated heterocycles. The summed E-state index contributed by atoms with van der Waals surface area (Å²) in [6.45, 7) is 10.3. The molecule has 5 nitrogen and oxygen atoms in total. The molecule has 0 aromatic heterocycles. The summed E-state index contributed by atoms with van der Waals surface area (Å²) in [5.74, 6) is -0.547. The van der Waals surface area contributed by atoms with Crippen LogP contribution >= 0.6 is 0 Å². The smallest absolute Gasteiger partial charge is 0.451 e. The van der Waals surface area contributed by atoms with Gasteiger partial charge in [-0.2, -0.15) is 0 Å². The number of hydrogen-bond donors (Lipinski definition) is 0. The second-order valence-corrected chi connectivity index (χ2v) is 11.1. The summed E-state index contributed by atoms with van der Waals surface area (Å²) in [7, 11) is -0.260. The second-order valence-electron chi connectivity index (χ2n) is 11.1. The van der Waals surface area contributed by atoms with Gasteiger partial charge in [0.05, 0.1) is 11.7 Å². The molecule has 1 aromatic carbocycles. The second kappa shape index (κ2) is 5.60. The van der Waals surface area contributed by atoms with E-state index >= 15 is 0 Å². The Morgan fingerprint density at radius 2 is 1.83 bits per heavy atom. The number of ether oxygens (including phenoxy) is 2. The average Bonchev–Trinajstić information content (AvgIpc) is 3.33. The van der Waals surface area contributed by atoms with E-state index in [-0.39, 0.29) is 36.1 Å². The van der Waals surface area contributed by atoms with E-state index in [2.05, 4.69) is 20.8 Å². The molecule has 1 aromatic rings. The minimum Gasteiger partial charge on any atom is -0.451 e. The normalized spacial score (nSPS) is 41.9. The first-order valence-corrected chi connectivity index (χ1v) is 11.1. The lowest BCUT2D eigenvalue weighted by Crippen LogP contribution is -2.65. The molecule has 6 aliphatic rings. The maximum Gasteiger partial charge on any atom is 0.461 e. The van der Waals surface area contributed by atoms with Crippen LogP contribution in [0.3, 0.4) is 0 Å². The lowest BCUT2D eigenvalue weighted by atomic mass is 9.43. The molecule has 7 rings (SSSR count). The van der Waals surface area contributed by atoms with Crippen LogP contribution in [-0.2, 0) is 14.0 Å². The number of hydrogen-bond acceptors (Lipinski definition) is 5. The Morgan fingerprint density at radius 1 is 1.07 bits per heavy atom. The molecular weight excluding hydrogens is 386 g/mol. The van der Waals surface area contributed by atoms with Gasteiger partial charge in [0.15, 0.2) is 0 Å². The van der Waals surface area contributed by atoms with E-state index < -0.39 is 17.6 Å². The molecule has 4 aliphatic carbocycles. The first-order valence-electron chi connectivity index (χ1n) is 11.1. The van der Waals surface area contributed by atoms with Crippen molar-refractivity contribution in [3.8, 4) is 5.75 Å². The van der Waals surface area contributed by atoms with Crippen LogP contribution in [0, 0.1) is 23.1 Å². The zero-order valence-electron chi connectivity index (χ0n) is 18.2. The van der Waals surface area contributed by atoms with Crippen molar-refractivity contribution in [3.05, 3.63) is 29.1 Å². The quantitative estimate of drug-likeness (QED) is 0.519. The van der Waals surface area contributed by atoms with Crippen LogP contribution in [0.2, 0.25) is 5.82 Å². The highest BCUT2D eigenvalue weighted by Gasteiger charge is 2.70. The summed E-state index contributed by atoms with van der Waals surface area (Å²) in [4.78, 5) is 12.4. The maximum atomic E-state index is 14.4. The summed E-state index contributed by atoms with van der Waals surface area (Å²) < 4.78 is 38.6. The molecule has 30 heavy (non-hydrogen) atoms. The number of halogens is 1. The summed E-state index contributed by atoms with van der Waals surface area (Å²) in [5.41, 5.74) is 0.815. The zero-order valence-corrected chi connectivity index (χ0v) is 18.2. The lowest BCUT2D eigenvalue weighted by molar-refractivity contribution is -0.199. The first-order chi connectivity index (χ1) is 14.0. The van der Waals surface area contributed by atoms with Gasteiger partial charge in [-0.25, -0.2) is 9.18 Å². The Morgan fingerprint density at radius 3 is 2.57 bits per heavy atom. The van der Waals surface area contributed by atoms with Crippen molar-refractivity contribution < 1.29 is 28.0 Å². The van der Waals surface area contributed by atoms with Crippen molar-refractivity contribution in [2.45, 2.75) is 83.1 Å². The van der Waals surface area contributed by atoms with Crippen LogP contribution in [-0.4, -0.2) is 30.6 Å². The van der Waals surface area contributed by atoms with Crippen molar-refractivity contribution in [3.63, 3.8) is 0 Å². The van der Waals surface area contributed by atoms with E-state index in [1.54, 1.807) is 19.9 Å².